The Morgan fingerprint density at radius 1 is 0.662 bits per heavy atom. The van der Waals surface area contributed by atoms with Gasteiger partial charge in [-0.2, -0.15) is 31.4 Å². The molecular formula is C48H38F8N14O4. The molecular weight excluding hydrogens is 989 g/mol. The molecule has 0 saturated heterocycles. The lowest BCUT2D eigenvalue weighted by Crippen LogP contribution is -2.31. The molecule has 2 aromatic carbocycles. The maximum atomic E-state index is 15.3. The Hall–Kier alpha value is -8.58. The number of anilines is 6. The smallest absolute Gasteiger partial charge is 0.358 e. The fourth-order valence-electron chi connectivity index (χ4n) is 9.09. The van der Waals surface area contributed by atoms with Crippen molar-refractivity contribution in [3.05, 3.63) is 132 Å². The van der Waals surface area contributed by atoms with Crippen LogP contribution in [0.2, 0.25) is 0 Å². The van der Waals surface area contributed by atoms with E-state index < -0.39 is 83.5 Å². The van der Waals surface area contributed by atoms with Crippen molar-refractivity contribution in [3.8, 4) is 22.3 Å². The van der Waals surface area contributed by atoms with Crippen LogP contribution in [0.15, 0.2) is 101 Å². The minimum Gasteiger partial charge on any atom is -0.358 e. The number of carbonyl (C=O) groups excluding carboxylic acids is 2. The molecule has 1 aliphatic heterocycles. The number of fused-ring (bicyclic) bond motifs is 1. The number of amides is 2. The molecule has 2 atom stereocenters. The van der Waals surface area contributed by atoms with Gasteiger partial charge in [0.25, 0.3) is 0 Å². The summed E-state index contributed by atoms with van der Waals surface area (Å²) in [5.74, 6) is -3.98. The third kappa shape index (κ3) is 9.14. The first-order valence-corrected chi connectivity index (χ1v) is 23.0. The maximum absolute atomic E-state index is 15.3. The summed E-state index contributed by atoms with van der Waals surface area (Å²) in [7, 11) is 0. The van der Waals surface area contributed by atoms with E-state index in [0.717, 1.165) is 55.4 Å². The molecule has 2 fully saturated rings. The number of halogens is 8. The van der Waals surface area contributed by atoms with E-state index in [0.29, 0.717) is 28.2 Å². The first kappa shape index (κ1) is 47.7. The van der Waals surface area contributed by atoms with Gasteiger partial charge in [0.05, 0.1) is 42.8 Å². The van der Waals surface area contributed by atoms with Crippen LogP contribution in [-0.2, 0) is 46.2 Å². The standard InChI is InChI=1S/C48H38F8N14O4/c49-31-11-25(29-18-57-43(58-19-29)63-33-22-62-70-10-2-1-3-34(33)70)4-6-28(31)14-42(72)65-39-16-37(74-68-39)46(48(54,55)56)17-35(46)69-23-40(61-24-69)66-44-59-20-30(21-60-44)26-5-7-27(32(50)12-26)13-41(71)64-38-15-36(73-67-38)45(8-9-45)47(51,52)53/h4-7,11-12,15-16,18-24,35H,1-3,8-10,13-14,17H2,(H,57,58,63)(H,59,60,66)(H,64,67,71)(H,65,68,72). The Morgan fingerprint density at radius 2 is 1.23 bits per heavy atom. The van der Waals surface area contributed by atoms with Gasteiger partial charge in [-0.15, -0.1) is 0 Å². The van der Waals surface area contributed by atoms with E-state index in [4.69, 9.17) is 9.05 Å². The average molecular weight is 1030 g/mol. The zero-order valence-corrected chi connectivity index (χ0v) is 38.2. The molecule has 0 bridgehead atoms. The van der Waals surface area contributed by atoms with Gasteiger partial charge in [-0.05, 0) is 72.9 Å². The van der Waals surface area contributed by atoms with Crippen LogP contribution in [0.25, 0.3) is 22.3 Å². The van der Waals surface area contributed by atoms with Crippen LogP contribution in [0.1, 0.15) is 66.5 Å². The Morgan fingerprint density at radius 3 is 1.78 bits per heavy atom. The number of hydrogen-bond donors (Lipinski definition) is 4. The Bertz CT molecular complexity index is 3420. The van der Waals surface area contributed by atoms with E-state index in [1.165, 1.54) is 66.1 Å². The predicted octanol–water partition coefficient (Wildman–Crippen LogP) is 9.47. The van der Waals surface area contributed by atoms with Gasteiger partial charge in [0.1, 0.15) is 22.5 Å². The number of hydrogen-bond acceptors (Lipinski definition) is 14. The highest BCUT2D eigenvalue weighted by molar-refractivity contribution is 5.92. The highest BCUT2D eigenvalue weighted by atomic mass is 19.4. The van der Waals surface area contributed by atoms with Crippen LogP contribution in [0.5, 0.6) is 0 Å². The van der Waals surface area contributed by atoms with E-state index in [1.807, 2.05) is 4.68 Å². The summed E-state index contributed by atoms with van der Waals surface area (Å²) in [6.45, 7) is 0.853. The summed E-state index contributed by atoms with van der Waals surface area (Å²) in [5, 5.41) is 22.3. The molecule has 6 aromatic heterocycles. The minimum atomic E-state index is -4.82. The third-order valence-corrected chi connectivity index (χ3v) is 13.4. The summed E-state index contributed by atoms with van der Waals surface area (Å²) in [6.07, 6.45) is 2.03. The number of aryl methyl sites for hydroxylation is 1. The summed E-state index contributed by atoms with van der Waals surface area (Å²) in [5.41, 5.74) is -1.04. The van der Waals surface area contributed by atoms with Gasteiger partial charge in [-0.3, -0.25) is 14.3 Å². The van der Waals surface area contributed by atoms with Crippen molar-refractivity contribution in [1.82, 2.24) is 49.6 Å². The molecule has 7 heterocycles. The average Bonchev–Trinajstić information content (AvgIpc) is 4.04. The second-order valence-electron chi connectivity index (χ2n) is 18.2. The molecule has 4 N–H and O–H groups in total. The Labute approximate surface area is 412 Å². The second-order valence-corrected chi connectivity index (χ2v) is 18.2. The van der Waals surface area contributed by atoms with E-state index in [1.54, 1.807) is 12.3 Å². The first-order chi connectivity index (χ1) is 35.4. The largest absolute Gasteiger partial charge is 0.403 e. The number of alkyl halides is 6. The molecule has 11 rings (SSSR count). The second kappa shape index (κ2) is 18.2. The Balaban J connectivity index is 0.677. The lowest BCUT2D eigenvalue weighted by Gasteiger charge is -2.18. The van der Waals surface area contributed by atoms with Gasteiger partial charge in [-0.25, -0.2) is 33.7 Å². The molecule has 26 heteroatoms. The predicted molar refractivity (Wildman–Crippen MR) is 245 cm³/mol. The summed E-state index contributed by atoms with van der Waals surface area (Å²) < 4.78 is 128. The van der Waals surface area contributed by atoms with Crippen molar-refractivity contribution >= 4 is 46.9 Å². The zero-order chi connectivity index (χ0) is 51.6. The minimum absolute atomic E-state index is 0.00764. The SMILES string of the molecule is O=C(Cc1ccc(-c2cnc(Nc3cn(C4CC4(c4cc(NC(=O)Cc5ccc(-c6cnc(Nc7cnn8c7CCCC8)nc6)cc5F)no4)C(F)(F)F)cn3)nc2)cc1F)Nc1cc(C2(C(F)(F)F)CC2)on1. The van der Waals surface area contributed by atoms with Gasteiger partial charge < -0.3 is 34.9 Å². The Kier molecular flexibility index (Phi) is 11.7. The van der Waals surface area contributed by atoms with E-state index >= 15 is 8.78 Å². The number of imidazole rings is 1. The monoisotopic (exact) mass is 1030 g/mol. The van der Waals surface area contributed by atoms with Gasteiger partial charge >= 0.3 is 12.4 Å². The van der Waals surface area contributed by atoms with Crippen LogP contribution in [0.4, 0.5) is 70.2 Å². The molecule has 2 aliphatic carbocycles. The van der Waals surface area contributed by atoms with Crippen molar-refractivity contribution < 1.29 is 53.8 Å². The quantitative estimate of drug-likeness (QED) is 0.0703. The summed E-state index contributed by atoms with van der Waals surface area (Å²) >= 11 is 0. The fourth-order valence-corrected chi connectivity index (χ4v) is 9.09. The molecule has 18 nitrogen and oxygen atoms in total. The van der Waals surface area contributed by atoms with Crippen molar-refractivity contribution in [1.29, 1.82) is 0 Å². The fraction of sp³-hybridized carbons (Fsp3) is 0.292. The highest BCUT2D eigenvalue weighted by Gasteiger charge is 2.75. The topological polar surface area (TPSA) is 222 Å². The van der Waals surface area contributed by atoms with Crippen molar-refractivity contribution in [2.75, 3.05) is 21.3 Å². The van der Waals surface area contributed by atoms with Crippen molar-refractivity contribution in [3.63, 3.8) is 0 Å². The zero-order valence-electron chi connectivity index (χ0n) is 38.2. The van der Waals surface area contributed by atoms with Crippen molar-refractivity contribution in [2.24, 2.45) is 0 Å². The number of aromatic nitrogens is 10. The molecule has 2 unspecified atom stereocenters. The molecule has 0 radical (unpaired) electrons. The first-order valence-electron chi connectivity index (χ1n) is 23.0. The van der Waals surface area contributed by atoms with Crippen LogP contribution in [0, 0.1) is 11.6 Å². The lowest BCUT2D eigenvalue weighted by molar-refractivity contribution is -0.169. The molecule has 380 valence electrons. The third-order valence-electron chi connectivity index (χ3n) is 13.4. The highest BCUT2D eigenvalue weighted by Crippen LogP contribution is 2.66. The molecule has 74 heavy (non-hydrogen) atoms. The van der Waals surface area contributed by atoms with E-state index in [2.05, 4.69) is 61.6 Å². The maximum Gasteiger partial charge on any atom is 0.403 e. The van der Waals surface area contributed by atoms with Gasteiger partial charge in [-0.1, -0.05) is 34.6 Å². The summed E-state index contributed by atoms with van der Waals surface area (Å²) in [6, 6.07) is 9.03. The summed E-state index contributed by atoms with van der Waals surface area (Å²) in [4.78, 5) is 46.9. The van der Waals surface area contributed by atoms with E-state index in [-0.39, 0.29) is 47.4 Å². The van der Waals surface area contributed by atoms with Gasteiger partial charge in [0, 0.05) is 60.8 Å². The number of rotatable bonds is 15. The van der Waals surface area contributed by atoms with Crippen LogP contribution in [0.3, 0.4) is 0 Å². The number of benzene rings is 2. The molecule has 3 aliphatic rings. The molecule has 2 saturated carbocycles. The molecule has 0 spiro atoms. The van der Waals surface area contributed by atoms with Gasteiger partial charge in [0.15, 0.2) is 29.0 Å². The normalized spacial score (nSPS) is 17.9. The van der Waals surface area contributed by atoms with E-state index in [9.17, 15) is 35.9 Å². The molecule has 2 amide bonds. The number of nitrogens with zero attached hydrogens (tertiary/aromatic N) is 10. The number of nitrogens with one attached hydrogen (secondary N) is 4. The van der Waals surface area contributed by atoms with Crippen LogP contribution in [-0.4, -0.2) is 73.7 Å². The lowest BCUT2D eigenvalue weighted by atomic mass is 10.0. The van der Waals surface area contributed by atoms with Gasteiger partial charge in [0.2, 0.25) is 23.7 Å². The van der Waals surface area contributed by atoms with Crippen molar-refractivity contribution in [2.45, 2.75) is 87.1 Å². The van der Waals surface area contributed by atoms with Crippen LogP contribution >= 0.6 is 0 Å². The van der Waals surface area contributed by atoms with Crippen LogP contribution < -0.4 is 21.3 Å². The molecule has 8 aromatic rings. The number of carbonyl (C=O) groups is 2.